The van der Waals surface area contributed by atoms with Gasteiger partial charge >= 0.3 is 0 Å². The summed E-state index contributed by atoms with van der Waals surface area (Å²) in [4.78, 5) is 9.16. The molecule has 5 N–H and O–H groups in total. The Bertz CT molecular complexity index is 1140. The Morgan fingerprint density at radius 2 is 1.73 bits per heavy atom. The van der Waals surface area contributed by atoms with Gasteiger partial charge in [0.2, 0.25) is 0 Å². The van der Waals surface area contributed by atoms with Crippen molar-refractivity contribution in [1.29, 1.82) is 0 Å². The van der Waals surface area contributed by atoms with Gasteiger partial charge in [0, 0.05) is 35.8 Å². The molecular formula is C23H25N7. The van der Waals surface area contributed by atoms with E-state index in [0.717, 1.165) is 59.5 Å². The molecule has 0 bridgehead atoms. The number of benzene rings is 1. The maximum atomic E-state index is 6.41. The number of hydrogen-bond acceptors (Lipinski definition) is 6. The first-order chi connectivity index (χ1) is 14.7. The fraction of sp³-hybridized carbons (Fsp3) is 0.261. The summed E-state index contributed by atoms with van der Waals surface area (Å²) in [6.45, 7) is 0. The van der Waals surface area contributed by atoms with Crippen LogP contribution in [0.2, 0.25) is 0 Å². The number of imidazole rings is 1. The molecule has 3 aromatic heterocycles. The van der Waals surface area contributed by atoms with Gasteiger partial charge < -0.3 is 16.8 Å². The molecule has 1 aromatic carbocycles. The van der Waals surface area contributed by atoms with E-state index in [1.54, 1.807) is 10.7 Å². The van der Waals surface area contributed by atoms with E-state index in [9.17, 15) is 0 Å². The Kier molecular flexibility index (Phi) is 4.80. The lowest BCUT2D eigenvalue weighted by Gasteiger charge is -2.28. The number of hydrogen-bond donors (Lipinski definition) is 3. The lowest BCUT2D eigenvalue weighted by molar-refractivity contribution is 0.396. The Hall–Kier alpha value is -3.45. The van der Waals surface area contributed by atoms with Gasteiger partial charge in [0.1, 0.15) is 11.6 Å². The lowest BCUT2D eigenvalue weighted by atomic mass is 9.81. The van der Waals surface area contributed by atoms with Crippen LogP contribution in [0.5, 0.6) is 0 Å². The van der Waals surface area contributed by atoms with Crippen molar-refractivity contribution in [1.82, 2.24) is 19.6 Å². The third-order valence-electron chi connectivity index (χ3n) is 5.91. The van der Waals surface area contributed by atoms with Gasteiger partial charge in [-0.3, -0.25) is 0 Å². The molecule has 0 unspecified atom stereocenters. The molecule has 30 heavy (non-hydrogen) atoms. The zero-order chi connectivity index (χ0) is 20.5. The number of nitrogens with two attached hydrogens (primary N) is 2. The van der Waals surface area contributed by atoms with Gasteiger partial charge in [-0.05, 0) is 49.3 Å². The number of nitrogen functional groups attached to an aromatic ring is 1. The van der Waals surface area contributed by atoms with Gasteiger partial charge in [-0.25, -0.2) is 14.5 Å². The van der Waals surface area contributed by atoms with Crippen molar-refractivity contribution in [2.45, 2.75) is 37.6 Å². The van der Waals surface area contributed by atoms with Crippen LogP contribution in [-0.4, -0.2) is 25.6 Å². The molecule has 0 radical (unpaired) electrons. The number of rotatable bonds is 4. The number of aromatic nitrogens is 4. The van der Waals surface area contributed by atoms with Crippen LogP contribution in [0.25, 0.3) is 16.8 Å². The summed E-state index contributed by atoms with van der Waals surface area (Å²) in [5.41, 5.74) is 17.4. The largest absolute Gasteiger partial charge is 0.382 e. The molecule has 1 aliphatic carbocycles. The maximum absolute atomic E-state index is 6.41. The highest BCUT2D eigenvalue weighted by atomic mass is 15.3. The van der Waals surface area contributed by atoms with Gasteiger partial charge in [0.05, 0.1) is 5.69 Å². The summed E-state index contributed by atoms with van der Waals surface area (Å²) in [5, 5.41) is 8.01. The number of nitrogens with one attached hydrogen (secondary N) is 1. The Balaban J connectivity index is 1.52. The van der Waals surface area contributed by atoms with E-state index >= 15 is 0 Å². The second-order valence-corrected chi connectivity index (χ2v) is 7.90. The second-order valence-electron chi connectivity index (χ2n) is 7.90. The summed E-state index contributed by atoms with van der Waals surface area (Å²) >= 11 is 0. The second kappa shape index (κ2) is 7.76. The molecule has 5 rings (SSSR count). The highest BCUT2D eigenvalue weighted by Gasteiger charge is 2.27. The van der Waals surface area contributed by atoms with Crippen LogP contribution in [0.3, 0.4) is 0 Å². The van der Waals surface area contributed by atoms with Gasteiger partial charge in [0.25, 0.3) is 0 Å². The Labute approximate surface area is 175 Å². The number of fused-ring (bicyclic) bond motifs is 1. The van der Waals surface area contributed by atoms with Crippen LogP contribution < -0.4 is 16.8 Å². The summed E-state index contributed by atoms with van der Waals surface area (Å²) in [6.07, 6.45) is 9.41. The molecule has 1 saturated carbocycles. The van der Waals surface area contributed by atoms with Crippen LogP contribution in [0.15, 0.2) is 61.1 Å². The average Bonchev–Trinajstić information content (AvgIpc) is 3.24. The smallest absolute Gasteiger partial charge is 0.177 e. The number of anilines is 3. The van der Waals surface area contributed by atoms with E-state index in [1.165, 1.54) is 0 Å². The van der Waals surface area contributed by atoms with Gasteiger partial charge in [-0.1, -0.05) is 30.3 Å². The fourth-order valence-corrected chi connectivity index (χ4v) is 4.32. The molecule has 7 nitrogen and oxygen atoms in total. The molecule has 4 aromatic rings. The highest BCUT2D eigenvalue weighted by molar-refractivity contribution is 5.80. The van der Waals surface area contributed by atoms with Crippen molar-refractivity contribution in [3.05, 3.63) is 66.6 Å². The molecule has 7 heteroatoms. The zero-order valence-electron chi connectivity index (χ0n) is 16.7. The summed E-state index contributed by atoms with van der Waals surface area (Å²) < 4.78 is 1.72. The molecule has 3 heterocycles. The molecule has 0 saturated heterocycles. The van der Waals surface area contributed by atoms with Crippen molar-refractivity contribution < 1.29 is 0 Å². The first-order valence-electron chi connectivity index (χ1n) is 10.4. The van der Waals surface area contributed by atoms with Crippen LogP contribution in [0.4, 0.5) is 17.3 Å². The fourth-order valence-electron chi connectivity index (χ4n) is 4.32. The predicted octanol–water partition coefficient (Wildman–Crippen LogP) is 4.10. The predicted molar refractivity (Wildman–Crippen MR) is 120 cm³/mol. The SMILES string of the molecule is Nc1nn2ccnc2c(Nc2ccc(-c3ccccc3)cn2)c1[C@H]1CC[C@@H](N)CC1. The highest BCUT2D eigenvalue weighted by Crippen LogP contribution is 2.41. The van der Waals surface area contributed by atoms with Gasteiger partial charge in [-0.15, -0.1) is 5.10 Å². The molecule has 1 fully saturated rings. The van der Waals surface area contributed by atoms with E-state index in [4.69, 9.17) is 11.5 Å². The Morgan fingerprint density at radius 3 is 2.47 bits per heavy atom. The van der Waals surface area contributed by atoms with Crippen molar-refractivity contribution in [2.24, 2.45) is 5.73 Å². The van der Waals surface area contributed by atoms with Gasteiger partial charge in [-0.2, -0.15) is 0 Å². The first kappa shape index (κ1) is 18.6. The van der Waals surface area contributed by atoms with Crippen molar-refractivity contribution in [3.63, 3.8) is 0 Å². The van der Waals surface area contributed by atoms with Crippen LogP contribution in [0, 0.1) is 0 Å². The topological polar surface area (TPSA) is 107 Å². The molecule has 1 aliphatic rings. The standard InChI is InChI=1S/C23H25N7/c24-18-9-6-16(7-10-18)20-21(23-26-12-13-30(23)29-22(20)25)28-19-11-8-17(14-27-19)15-4-2-1-3-5-15/h1-5,8,11-14,16,18H,6-7,9-10,24H2,(H2,25,29)(H,27,28)/t16-,18+. The van der Waals surface area contributed by atoms with Gasteiger partial charge in [0.15, 0.2) is 5.65 Å². The number of nitrogens with zero attached hydrogens (tertiary/aromatic N) is 4. The first-order valence-corrected chi connectivity index (χ1v) is 10.4. The summed E-state index contributed by atoms with van der Waals surface area (Å²) in [7, 11) is 0. The lowest BCUT2D eigenvalue weighted by Crippen LogP contribution is -2.26. The average molecular weight is 400 g/mol. The minimum absolute atomic E-state index is 0.272. The van der Waals surface area contributed by atoms with E-state index in [-0.39, 0.29) is 6.04 Å². The minimum Gasteiger partial charge on any atom is -0.382 e. The van der Waals surface area contributed by atoms with Crippen molar-refractivity contribution in [3.8, 4) is 11.1 Å². The monoisotopic (exact) mass is 399 g/mol. The summed E-state index contributed by atoms with van der Waals surface area (Å²) in [5.74, 6) is 1.59. The number of pyridine rings is 1. The normalized spacial score (nSPS) is 19.1. The van der Waals surface area contributed by atoms with E-state index in [0.29, 0.717) is 11.7 Å². The van der Waals surface area contributed by atoms with E-state index in [2.05, 4.69) is 38.6 Å². The quantitative estimate of drug-likeness (QED) is 0.477. The minimum atomic E-state index is 0.272. The van der Waals surface area contributed by atoms with E-state index < -0.39 is 0 Å². The molecule has 152 valence electrons. The molecule has 0 amide bonds. The molecule has 0 atom stereocenters. The zero-order valence-corrected chi connectivity index (χ0v) is 16.7. The summed E-state index contributed by atoms with van der Waals surface area (Å²) in [6, 6.07) is 14.5. The Morgan fingerprint density at radius 1 is 0.933 bits per heavy atom. The molecule has 0 spiro atoms. The third-order valence-corrected chi connectivity index (χ3v) is 5.91. The maximum Gasteiger partial charge on any atom is 0.177 e. The third kappa shape index (κ3) is 3.48. The molecular weight excluding hydrogens is 374 g/mol. The van der Waals surface area contributed by atoms with Crippen molar-refractivity contribution >= 4 is 23.0 Å². The van der Waals surface area contributed by atoms with Crippen LogP contribution in [0.1, 0.15) is 37.2 Å². The van der Waals surface area contributed by atoms with E-state index in [1.807, 2.05) is 36.7 Å². The van der Waals surface area contributed by atoms with Crippen LogP contribution >= 0.6 is 0 Å². The van der Waals surface area contributed by atoms with Crippen LogP contribution in [-0.2, 0) is 0 Å². The van der Waals surface area contributed by atoms with Crippen molar-refractivity contribution in [2.75, 3.05) is 11.1 Å². The molecule has 0 aliphatic heterocycles.